The zero-order valence-electron chi connectivity index (χ0n) is 11.1. The number of ether oxygens (including phenoxy) is 1. The maximum absolute atomic E-state index is 12.6. The Morgan fingerprint density at radius 2 is 1.95 bits per heavy atom. The maximum atomic E-state index is 12.6. The highest BCUT2D eigenvalue weighted by molar-refractivity contribution is 7.13. The molecule has 4 nitrogen and oxygen atoms in total. The molecule has 0 aromatic carbocycles. The second-order valence-electron chi connectivity index (χ2n) is 4.17. The Labute approximate surface area is 131 Å². The molecular weight excluding hydrogens is 335 g/mol. The predicted molar refractivity (Wildman–Crippen MR) is 78.0 cm³/mol. The van der Waals surface area contributed by atoms with Gasteiger partial charge in [0.1, 0.15) is 0 Å². The molecule has 0 spiro atoms. The largest absolute Gasteiger partial charge is 0.481 e. The molecule has 0 fully saturated rings. The highest BCUT2D eigenvalue weighted by Gasteiger charge is 2.34. The lowest BCUT2D eigenvalue weighted by molar-refractivity contribution is -0.140. The third-order valence-corrected chi connectivity index (χ3v) is 4.24. The van der Waals surface area contributed by atoms with Crippen LogP contribution in [0.3, 0.4) is 0 Å². The van der Waals surface area contributed by atoms with Gasteiger partial charge in [0.15, 0.2) is 16.5 Å². The van der Waals surface area contributed by atoms with Gasteiger partial charge in [-0.2, -0.15) is 29.5 Å². The molecule has 3 rings (SSSR count). The number of alkyl halides is 3. The van der Waals surface area contributed by atoms with E-state index in [1.807, 2.05) is 16.8 Å². The molecule has 0 saturated heterocycles. The summed E-state index contributed by atoms with van der Waals surface area (Å²) in [5.74, 6) is 0.385. The van der Waals surface area contributed by atoms with E-state index in [1.54, 1.807) is 6.07 Å². The van der Waals surface area contributed by atoms with Crippen LogP contribution in [0.5, 0.6) is 5.88 Å². The van der Waals surface area contributed by atoms with Crippen molar-refractivity contribution >= 4 is 22.7 Å². The number of halogens is 3. The molecule has 9 heteroatoms. The summed E-state index contributed by atoms with van der Waals surface area (Å²) >= 11 is 2.34. The molecule has 0 atom stereocenters. The van der Waals surface area contributed by atoms with E-state index in [1.165, 1.54) is 18.4 Å². The van der Waals surface area contributed by atoms with Crippen molar-refractivity contribution in [1.82, 2.24) is 15.0 Å². The Bertz CT molecular complexity index is 784. The molecule has 3 aromatic rings. The normalized spacial score (nSPS) is 11.6. The molecule has 0 radical (unpaired) electrons. The lowest BCUT2D eigenvalue weighted by Gasteiger charge is -2.05. The average Bonchev–Trinajstić information content (AvgIpc) is 3.17. The average molecular weight is 343 g/mol. The van der Waals surface area contributed by atoms with Crippen LogP contribution in [-0.2, 0) is 6.18 Å². The van der Waals surface area contributed by atoms with Crippen molar-refractivity contribution < 1.29 is 17.9 Å². The number of nitrogens with zero attached hydrogens (tertiary/aromatic N) is 3. The molecule has 0 saturated carbocycles. The third-order valence-electron chi connectivity index (χ3n) is 2.71. The number of hydrogen-bond acceptors (Lipinski definition) is 6. The zero-order valence-corrected chi connectivity index (χ0v) is 12.7. The van der Waals surface area contributed by atoms with Crippen molar-refractivity contribution in [2.45, 2.75) is 6.18 Å². The van der Waals surface area contributed by atoms with Gasteiger partial charge in [-0.05, 0) is 11.4 Å². The van der Waals surface area contributed by atoms with E-state index >= 15 is 0 Å². The molecular formula is C13H8F3N3OS2. The SMILES string of the molecule is COc1cc(-c2ccsc2)nc(-c2nc(C(F)(F)F)cs2)n1. The van der Waals surface area contributed by atoms with Crippen LogP contribution in [0.15, 0.2) is 28.3 Å². The second kappa shape index (κ2) is 5.65. The molecule has 0 bridgehead atoms. The first kappa shape index (κ1) is 14.9. The van der Waals surface area contributed by atoms with Crippen molar-refractivity contribution in [3.05, 3.63) is 34.0 Å². The van der Waals surface area contributed by atoms with Crippen LogP contribution in [0.4, 0.5) is 13.2 Å². The van der Waals surface area contributed by atoms with E-state index in [0.717, 1.165) is 22.3 Å². The van der Waals surface area contributed by atoms with E-state index in [9.17, 15) is 13.2 Å². The van der Waals surface area contributed by atoms with Crippen LogP contribution in [-0.4, -0.2) is 22.1 Å². The first-order valence-electron chi connectivity index (χ1n) is 5.96. The van der Waals surface area contributed by atoms with Crippen LogP contribution in [0.25, 0.3) is 22.1 Å². The summed E-state index contributed by atoms with van der Waals surface area (Å²) in [5, 5.41) is 4.81. The van der Waals surface area contributed by atoms with Crippen LogP contribution in [0.2, 0.25) is 0 Å². The molecule has 0 N–H and O–H groups in total. The van der Waals surface area contributed by atoms with Crippen molar-refractivity contribution in [3.8, 4) is 28.0 Å². The van der Waals surface area contributed by atoms with Crippen molar-refractivity contribution in [2.75, 3.05) is 7.11 Å². The first-order valence-corrected chi connectivity index (χ1v) is 7.78. The fourth-order valence-electron chi connectivity index (χ4n) is 1.69. The summed E-state index contributed by atoms with van der Waals surface area (Å²) in [5.41, 5.74) is 0.474. The molecule has 114 valence electrons. The highest BCUT2D eigenvalue weighted by atomic mass is 32.1. The molecule has 22 heavy (non-hydrogen) atoms. The molecule has 0 aliphatic heterocycles. The Morgan fingerprint density at radius 3 is 2.55 bits per heavy atom. The highest BCUT2D eigenvalue weighted by Crippen LogP contribution is 2.34. The van der Waals surface area contributed by atoms with Crippen LogP contribution in [0, 0.1) is 0 Å². The van der Waals surface area contributed by atoms with Gasteiger partial charge in [-0.3, -0.25) is 0 Å². The molecule has 3 heterocycles. The Hall–Kier alpha value is -2.00. The fraction of sp³-hybridized carbons (Fsp3) is 0.154. The van der Waals surface area contributed by atoms with Crippen molar-refractivity contribution in [1.29, 1.82) is 0 Å². The van der Waals surface area contributed by atoms with Gasteiger partial charge in [0, 0.05) is 22.4 Å². The monoisotopic (exact) mass is 343 g/mol. The van der Waals surface area contributed by atoms with Gasteiger partial charge in [-0.25, -0.2) is 9.97 Å². The van der Waals surface area contributed by atoms with Crippen molar-refractivity contribution in [3.63, 3.8) is 0 Å². The Morgan fingerprint density at radius 1 is 1.14 bits per heavy atom. The van der Waals surface area contributed by atoms with Gasteiger partial charge in [0.05, 0.1) is 12.8 Å². The van der Waals surface area contributed by atoms with Crippen LogP contribution >= 0.6 is 22.7 Å². The van der Waals surface area contributed by atoms with Gasteiger partial charge >= 0.3 is 6.18 Å². The summed E-state index contributed by atoms with van der Waals surface area (Å²) < 4.78 is 43.0. The summed E-state index contributed by atoms with van der Waals surface area (Å²) in [4.78, 5) is 11.9. The minimum Gasteiger partial charge on any atom is -0.481 e. The second-order valence-corrected chi connectivity index (χ2v) is 5.80. The number of aromatic nitrogens is 3. The predicted octanol–water partition coefficient (Wildman–Crippen LogP) is 4.36. The molecule has 0 amide bonds. The summed E-state index contributed by atoms with van der Waals surface area (Å²) in [6, 6.07) is 3.49. The minimum absolute atomic E-state index is 0.0997. The molecule has 3 aromatic heterocycles. The van der Waals surface area contributed by atoms with E-state index in [2.05, 4.69) is 15.0 Å². The van der Waals surface area contributed by atoms with E-state index in [-0.39, 0.29) is 16.7 Å². The topological polar surface area (TPSA) is 47.9 Å². The van der Waals surface area contributed by atoms with E-state index < -0.39 is 11.9 Å². The van der Waals surface area contributed by atoms with Crippen molar-refractivity contribution in [2.24, 2.45) is 0 Å². The minimum atomic E-state index is -4.48. The zero-order chi connectivity index (χ0) is 15.7. The van der Waals surface area contributed by atoms with Crippen LogP contribution in [0.1, 0.15) is 5.69 Å². The summed E-state index contributed by atoms with van der Waals surface area (Å²) in [6.45, 7) is 0. The number of thiazole rings is 1. The van der Waals surface area contributed by atoms with Gasteiger partial charge < -0.3 is 4.74 Å². The first-order chi connectivity index (χ1) is 10.5. The van der Waals surface area contributed by atoms with Gasteiger partial charge in [0.2, 0.25) is 5.88 Å². The van der Waals surface area contributed by atoms with E-state index in [4.69, 9.17) is 4.74 Å². The van der Waals surface area contributed by atoms with Crippen LogP contribution < -0.4 is 4.74 Å². The lowest BCUT2D eigenvalue weighted by atomic mass is 10.2. The Kier molecular flexibility index (Phi) is 3.83. The lowest BCUT2D eigenvalue weighted by Crippen LogP contribution is -2.05. The van der Waals surface area contributed by atoms with E-state index in [0.29, 0.717) is 5.69 Å². The molecule has 0 unspecified atom stereocenters. The number of methoxy groups -OCH3 is 1. The smallest absolute Gasteiger partial charge is 0.434 e. The van der Waals surface area contributed by atoms with Gasteiger partial charge in [-0.1, -0.05) is 0 Å². The number of rotatable bonds is 3. The number of hydrogen-bond donors (Lipinski definition) is 0. The summed E-state index contributed by atoms with van der Waals surface area (Å²) in [6.07, 6.45) is -4.48. The quantitative estimate of drug-likeness (QED) is 0.709. The molecule has 0 aliphatic carbocycles. The summed E-state index contributed by atoms with van der Waals surface area (Å²) in [7, 11) is 1.44. The Balaban J connectivity index is 2.07. The molecule has 0 aliphatic rings. The fourth-order valence-corrected chi connectivity index (χ4v) is 3.10. The standard InChI is InChI=1S/C13H8F3N3OS2/c1-20-10-4-8(7-2-3-21-5-7)17-11(19-10)12-18-9(6-22-12)13(14,15)16/h2-6H,1H3. The third kappa shape index (κ3) is 2.95. The van der Waals surface area contributed by atoms with Gasteiger partial charge in [-0.15, -0.1) is 11.3 Å². The maximum Gasteiger partial charge on any atom is 0.434 e. The number of thiophene rings is 1. The van der Waals surface area contributed by atoms with Gasteiger partial charge in [0.25, 0.3) is 0 Å².